The predicted molar refractivity (Wildman–Crippen MR) is 59.8 cm³/mol. The molecule has 2 aromatic rings. The average molecular weight is 204 g/mol. The molecule has 1 unspecified atom stereocenters. The van der Waals surface area contributed by atoms with Crippen molar-refractivity contribution >= 4 is 5.65 Å². The Kier molecular flexibility index (Phi) is 2.68. The zero-order chi connectivity index (χ0) is 10.8. The topological polar surface area (TPSA) is 42.2 Å². The van der Waals surface area contributed by atoms with Crippen LogP contribution < -0.4 is 5.32 Å². The summed E-state index contributed by atoms with van der Waals surface area (Å²) in [4.78, 5) is 4.44. The number of hydrogen-bond donors (Lipinski definition) is 1. The summed E-state index contributed by atoms with van der Waals surface area (Å²) in [5, 5.41) is 7.51. The molecule has 4 heteroatoms. The molecule has 2 rings (SSSR count). The Labute approximate surface area is 89.3 Å². The minimum Gasteiger partial charge on any atom is -0.313 e. The number of hydrogen-bond acceptors (Lipinski definition) is 3. The highest BCUT2D eigenvalue weighted by molar-refractivity contribution is 5.47. The molecule has 1 atom stereocenters. The molecule has 0 spiro atoms. The van der Waals surface area contributed by atoms with Crippen molar-refractivity contribution in [2.75, 3.05) is 7.05 Å². The van der Waals surface area contributed by atoms with Gasteiger partial charge in [0.1, 0.15) is 0 Å². The van der Waals surface area contributed by atoms with Gasteiger partial charge in [-0.15, -0.1) is 0 Å². The summed E-state index contributed by atoms with van der Waals surface area (Å²) in [6, 6.07) is 0.280. The Balaban J connectivity index is 2.52. The maximum atomic E-state index is 4.44. The van der Waals surface area contributed by atoms with Crippen LogP contribution in [0.2, 0.25) is 0 Å². The molecule has 2 heterocycles. The van der Waals surface area contributed by atoms with E-state index in [4.69, 9.17) is 0 Å². The van der Waals surface area contributed by atoms with E-state index in [0.29, 0.717) is 0 Å². The standard InChI is InChI=1S/C11H16N4/c1-4-9-5-13-11-10(8(2)12-3)6-14-15(11)7-9/h5-8,12H,4H2,1-3H3. The molecule has 2 aromatic heterocycles. The number of aryl methyl sites for hydroxylation is 1. The first-order valence-corrected chi connectivity index (χ1v) is 5.25. The summed E-state index contributed by atoms with van der Waals surface area (Å²) in [6.45, 7) is 4.22. The molecular weight excluding hydrogens is 188 g/mol. The van der Waals surface area contributed by atoms with Crippen LogP contribution in [-0.2, 0) is 6.42 Å². The van der Waals surface area contributed by atoms with Crippen LogP contribution in [0.4, 0.5) is 0 Å². The molecule has 0 aliphatic heterocycles. The lowest BCUT2D eigenvalue weighted by Crippen LogP contribution is -2.12. The third-order valence-electron chi connectivity index (χ3n) is 2.74. The molecule has 0 aromatic carbocycles. The summed E-state index contributed by atoms with van der Waals surface area (Å²) in [5.41, 5.74) is 3.28. The Hall–Kier alpha value is -1.42. The SMILES string of the molecule is CCc1cnc2c(C(C)NC)cnn2c1. The highest BCUT2D eigenvalue weighted by Gasteiger charge is 2.10. The Morgan fingerprint density at radius 3 is 2.93 bits per heavy atom. The van der Waals surface area contributed by atoms with E-state index in [1.165, 1.54) is 5.56 Å². The maximum absolute atomic E-state index is 4.44. The molecule has 0 amide bonds. The first-order valence-electron chi connectivity index (χ1n) is 5.25. The van der Waals surface area contributed by atoms with Crippen LogP contribution in [0.5, 0.6) is 0 Å². The predicted octanol–water partition coefficient (Wildman–Crippen LogP) is 1.57. The minimum absolute atomic E-state index is 0.280. The monoisotopic (exact) mass is 204 g/mol. The maximum Gasteiger partial charge on any atom is 0.159 e. The molecule has 0 bridgehead atoms. The average Bonchev–Trinajstić information content (AvgIpc) is 2.70. The van der Waals surface area contributed by atoms with Gasteiger partial charge in [0.15, 0.2) is 5.65 Å². The van der Waals surface area contributed by atoms with Gasteiger partial charge in [-0.25, -0.2) is 9.50 Å². The quantitative estimate of drug-likeness (QED) is 0.825. The normalized spacial score (nSPS) is 13.3. The zero-order valence-electron chi connectivity index (χ0n) is 9.36. The van der Waals surface area contributed by atoms with Crippen molar-refractivity contribution in [3.8, 4) is 0 Å². The molecule has 0 aliphatic carbocycles. The van der Waals surface area contributed by atoms with Crippen LogP contribution in [0.25, 0.3) is 5.65 Å². The van der Waals surface area contributed by atoms with Gasteiger partial charge in [-0.3, -0.25) is 0 Å². The fraction of sp³-hybridized carbons (Fsp3) is 0.455. The van der Waals surface area contributed by atoms with Gasteiger partial charge in [-0.1, -0.05) is 6.92 Å². The molecule has 0 aliphatic rings. The van der Waals surface area contributed by atoms with Gasteiger partial charge >= 0.3 is 0 Å². The van der Waals surface area contributed by atoms with Crippen molar-refractivity contribution in [3.05, 3.63) is 29.7 Å². The van der Waals surface area contributed by atoms with E-state index < -0.39 is 0 Å². The van der Waals surface area contributed by atoms with Crippen LogP contribution in [0, 0.1) is 0 Å². The van der Waals surface area contributed by atoms with Crippen LogP contribution in [0.15, 0.2) is 18.6 Å². The van der Waals surface area contributed by atoms with Gasteiger partial charge in [0.2, 0.25) is 0 Å². The van der Waals surface area contributed by atoms with Gasteiger partial charge in [-0.05, 0) is 26.0 Å². The second-order valence-electron chi connectivity index (χ2n) is 3.69. The van der Waals surface area contributed by atoms with Gasteiger partial charge < -0.3 is 5.32 Å². The summed E-state index contributed by atoms with van der Waals surface area (Å²) in [6.07, 6.45) is 6.82. The number of nitrogens with zero attached hydrogens (tertiary/aromatic N) is 3. The van der Waals surface area contributed by atoms with Crippen molar-refractivity contribution in [2.45, 2.75) is 26.3 Å². The lowest BCUT2D eigenvalue weighted by Gasteiger charge is -2.07. The molecule has 1 N–H and O–H groups in total. The van der Waals surface area contributed by atoms with E-state index in [1.54, 1.807) is 0 Å². The summed E-state index contributed by atoms with van der Waals surface area (Å²) < 4.78 is 1.85. The van der Waals surface area contributed by atoms with Crippen molar-refractivity contribution < 1.29 is 0 Å². The van der Waals surface area contributed by atoms with Gasteiger partial charge in [0.25, 0.3) is 0 Å². The highest BCUT2D eigenvalue weighted by atomic mass is 15.2. The number of nitrogens with one attached hydrogen (secondary N) is 1. The first-order chi connectivity index (χ1) is 7.26. The summed E-state index contributed by atoms with van der Waals surface area (Å²) in [7, 11) is 1.94. The number of fused-ring (bicyclic) bond motifs is 1. The summed E-state index contributed by atoms with van der Waals surface area (Å²) >= 11 is 0. The smallest absolute Gasteiger partial charge is 0.159 e. The van der Waals surface area contributed by atoms with Gasteiger partial charge in [0, 0.05) is 24.0 Å². The lowest BCUT2D eigenvalue weighted by molar-refractivity contribution is 0.655. The Morgan fingerprint density at radius 2 is 2.27 bits per heavy atom. The van der Waals surface area contributed by atoms with E-state index in [-0.39, 0.29) is 6.04 Å². The van der Waals surface area contributed by atoms with E-state index in [2.05, 4.69) is 29.2 Å². The van der Waals surface area contributed by atoms with Gasteiger partial charge in [0.05, 0.1) is 6.20 Å². The van der Waals surface area contributed by atoms with E-state index in [1.807, 2.05) is 30.2 Å². The molecule has 0 fully saturated rings. The van der Waals surface area contributed by atoms with Crippen LogP contribution >= 0.6 is 0 Å². The number of aromatic nitrogens is 3. The molecule has 0 saturated carbocycles. The number of rotatable bonds is 3. The molecular formula is C11H16N4. The largest absolute Gasteiger partial charge is 0.313 e. The lowest BCUT2D eigenvalue weighted by atomic mass is 10.2. The first kappa shape index (κ1) is 10.1. The molecule has 0 radical (unpaired) electrons. The zero-order valence-corrected chi connectivity index (χ0v) is 9.36. The van der Waals surface area contributed by atoms with E-state index >= 15 is 0 Å². The van der Waals surface area contributed by atoms with Crippen LogP contribution in [0.3, 0.4) is 0 Å². The fourth-order valence-corrected chi connectivity index (χ4v) is 1.58. The van der Waals surface area contributed by atoms with Crippen LogP contribution in [-0.4, -0.2) is 21.6 Å². The second-order valence-corrected chi connectivity index (χ2v) is 3.69. The third kappa shape index (κ3) is 1.72. The highest BCUT2D eigenvalue weighted by Crippen LogP contribution is 2.16. The van der Waals surface area contributed by atoms with Gasteiger partial charge in [-0.2, -0.15) is 5.10 Å². The van der Waals surface area contributed by atoms with Crippen LogP contribution in [0.1, 0.15) is 31.0 Å². The molecule has 4 nitrogen and oxygen atoms in total. The molecule has 15 heavy (non-hydrogen) atoms. The van der Waals surface area contributed by atoms with Crippen molar-refractivity contribution in [2.24, 2.45) is 0 Å². The van der Waals surface area contributed by atoms with Crippen molar-refractivity contribution in [1.82, 2.24) is 19.9 Å². The fourth-order valence-electron chi connectivity index (χ4n) is 1.58. The van der Waals surface area contributed by atoms with E-state index in [0.717, 1.165) is 17.6 Å². The van der Waals surface area contributed by atoms with Crippen molar-refractivity contribution in [1.29, 1.82) is 0 Å². The second kappa shape index (κ2) is 3.98. The molecule has 80 valence electrons. The summed E-state index contributed by atoms with van der Waals surface area (Å²) in [5.74, 6) is 0. The Morgan fingerprint density at radius 1 is 1.47 bits per heavy atom. The Bertz CT molecular complexity index is 461. The molecule has 0 saturated heterocycles. The van der Waals surface area contributed by atoms with Crippen molar-refractivity contribution in [3.63, 3.8) is 0 Å². The minimum atomic E-state index is 0.280. The van der Waals surface area contributed by atoms with E-state index in [9.17, 15) is 0 Å². The third-order valence-corrected chi connectivity index (χ3v) is 2.74.